The van der Waals surface area contributed by atoms with Gasteiger partial charge in [0.15, 0.2) is 10.8 Å². The highest BCUT2D eigenvalue weighted by Crippen LogP contribution is 2.15. The van der Waals surface area contributed by atoms with Gasteiger partial charge in [-0.15, -0.1) is 11.3 Å². The Bertz CT molecular complexity index is 569. The molecule has 6 heteroatoms. The molecule has 0 aliphatic rings. The number of thiazole rings is 1. The Balaban J connectivity index is 1.76. The van der Waals surface area contributed by atoms with Gasteiger partial charge in [-0.05, 0) is 24.6 Å². The molecule has 0 aliphatic heterocycles. The summed E-state index contributed by atoms with van der Waals surface area (Å²) in [5.41, 5.74) is 1.21. The lowest BCUT2D eigenvalue weighted by Crippen LogP contribution is -2.11. The molecule has 19 heavy (non-hydrogen) atoms. The van der Waals surface area contributed by atoms with E-state index in [1.54, 1.807) is 0 Å². The van der Waals surface area contributed by atoms with Crippen LogP contribution in [0.15, 0.2) is 29.6 Å². The number of aromatic nitrogens is 1. The third-order valence-electron chi connectivity index (χ3n) is 2.36. The van der Waals surface area contributed by atoms with Crippen molar-refractivity contribution in [1.29, 1.82) is 0 Å². The number of nitrogens with zero attached hydrogens (tertiary/aromatic N) is 1. The van der Waals surface area contributed by atoms with Crippen LogP contribution in [0.3, 0.4) is 0 Å². The van der Waals surface area contributed by atoms with Crippen LogP contribution in [0.25, 0.3) is 0 Å². The predicted octanol–water partition coefficient (Wildman–Crippen LogP) is 2.64. The van der Waals surface area contributed by atoms with Crippen molar-refractivity contribution in [3.8, 4) is 5.75 Å². The fraction of sp³-hybridized carbons (Fsp3) is 0.231. The molecule has 2 aromatic rings. The number of benzene rings is 1. The zero-order valence-electron chi connectivity index (χ0n) is 10.4. The first-order chi connectivity index (χ1) is 9.15. The van der Waals surface area contributed by atoms with Crippen molar-refractivity contribution in [2.75, 3.05) is 18.5 Å². The fourth-order valence-corrected chi connectivity index (χ4v) is 2.20. The van der Waals surface area contributed by atoms with Crippen LogP contribution < -0.4 is 10.1 Å². The van der Waals surface area contributed by atoms with Crippen LogP contribution in [-0.4, -0.2) is 29.2 Å². The number of nitrogens with one attached hydrogen (secondary N) is 1. The topological polar surface area (TPSA) is 71.5 Å². The van der Waals surface area contributed by atoms with Gasteiger partial charge in [-0.1, -0.05) is 12.1 Å². The molecular weight excluding hydrogens is 264 g/mol. The highest BCUT2D eigenvalue weighted by Gasteiger charge is 2.07. The standard InChI is InChI=1S/C13H14N2O3S/c1-9-3-2-4-10(7-9)18-6-5-14-13-15-11(8-19-13)12(16)17/h2-4,7-8H,5-6H2,1H3,(H,14,15)(H,16,17). The highest BCUT2D eigenvalue weighted by atomic mass is 32.1. The van der Waals surface area contributed by atoms with E-state index in [2.05, 4.69) is 10.3 Å². The molecular formula is C13H14N2O3S. The van der Waals surface area contributed by atoms with Crippen molar-refractivity contribution in [2.45, 2.75) is 6.92 Å². The third-order valence-corrected chi connectivity index (χ3v) is 3.16. The molecule has 100 valence electrons. The second-order valence-corrected chi connectivity index (χ2v) is 4.79. The lowest BCUT2D eigenvalue weighted by molar-refractivity contribution is 0.0691. The maximum absolute atomic E-state index is 10.7. The Hall–Kier alpha value is -2.08. The normalized spacial score (nSPS) is 10.2. The average Bonchev–Trinajstić information content (AvgIpc) is 2.84. The molecule has 0 bridgehead atoms. The molecule has 1 aromatic heterocycles. The second-order valence-electron chi connectivity index (χ2n) is 3.93. The Kier molecular flexibility index (Phi) is 4.35. The summed E-state index contributed by atoms with van der Waals surface area (Å²) < 4.78 is 5.56. The Morgan fingerprint density at radius 1 is 1.53 bits per heavy atom. The van der Waals surface area contributed by atoms with E-state index in [0.717, 1.165) is 11.3 Å². The number of carbonyl (C=O) groups is 1. The highest BCUT2D eigenvalue weighted by molar-refractivity contribution is 7.13. The van der Waals surface area contributed by atoms with E-state index < -0.39 is 5.97 Å². The molecule has 0 spiro atoms. The first-order valence-corrected chi connectivity index (χ1v) is 6.65. The van der Waals surface area contributed by atoms with Crippen molar-refractivity contribution >= 4 is 22.4 Å². The summed E-state index contributed by atoms with van der Waals surface area (Å²) in [7, 11) is 0. The van der Waals surface area contributed by atoms with Gasteiger partial charge in [0.25, 0.3) is 0 Å². The Morgan fingerprint density at radius 2 is 2.37 bits per heavy atom. The summed E-state index contributed by atoms with van der Waals surface area (Å²) in [6.07, 6.45) is 0. The summed E-state index contributed by atoms with van der Waals surface area (Å²) >= 11 is 1.27. The molecule has 0 radical (unpaired) electrons. The first-order valence-electron chi connectivity index (χ1n) is 5.77. The van der Waals surface area contributed by atoms with E-state index >= 15 is 0 Å². The number of aryl methyl sites for hydroxylation is 1. The van der Waals surface area contributed by atoms with Crippen LogP contribution in [-0.2, 0) is 0 Å². The number of carboxylic acid groups (broad SMARTS) is 1. The van der Waals surface area contributed by atoms with Gasteiger partial charge in [-0.2, -0.15) is 0 Å². The molecule has 0 saturated heterocycles. The monoisotopic (exact) mass is 278 g/mol. The van der Waals surface area contributed by atoms with Gasteiger partial charge < -0.3 is 15.2 Å². The zero-order valence-corrected chi connectivity index (χ0v) is 11.2. The quantitative estimate of drug-likeness (QED) is 0.795. The molecule has 1 aromatic carbocycles. The minimum atomic E-state index is -1.01. The predicted molar refractivity (Wildman–Crippen MR) is 74.2 cm³/mol. The van der Waals surface area contributed by atoms with E-state index in [1.165, 1.54) is 16.7 Å². The summed E-state index contributed by atoms with van der Waals surface area (Å²) in [5.74, 6) is -0.188. The minimum Gasteiger partial charge on any atom is -0.492 e. The number of hydrogen-bond donors (Lipinski definition) is 2. The number of anilines is 1. The maximum Gasteiger partial charge on any atom is 0.355 e. The molecule has 2 rings (SSSR count). The number of carboxylic acids is 1. The van der Waals surface area contributed by atoms with E-state index in [-0.39, 0.29) is 5.69 Å². The summed E-state index contributed by atoms with van der Waals surface area (Å²) in [6.45, 7) is 3.07. The molecule has 0 fully saturated rings. The average molecular weight is 278 g/mol. The minimum absolute atomic E-state index is 0.0621. The summed E-state index contributed by atoms with van der Waals surface area (Å²) in [5, 5.41) is 13.9. The zero-order chi connectivity index (χ0) is 13.7. The smallest absolute Gasteiger partial charge is 0.355 e. The van der Waals surface area contributed by atoms with Crippen LogP contribution in [0.1, 0.15) is 16.1 Å². The van der Waals surface area contributed by atoms with E-state index in [9.17, 15) is 4.79 Å². The van der Waals surface area contributed by atoms with Gasteiger partial charge in [-0.25, -0.2) is 9.78 Å². The van der Waals surface area contributed by atoms with Crippen LogP contribution in [0.5, 0.6) is 5.75 Å². The molecule has 0 aliphatic carbocycles. The Morgan fingerprint density at radius 3 is 3.05 bits per heavy atom. The van der Waals surface area contributed by atoms with Crippen LogP contribution in [0.4, 0.5) is 5.13 Å². The summed E-state index contributed by atoms with van der Waals surface area (Å²) in [6, 6.07) is 7.82. The fourth-order valence-electron chi connectivity index (χ4n) is 1.49. The molecule has 1 heterocycles. The van der Waals surface area contributed by atoms with E-state index in [1.807, 2.05) is 31.2 Å². The lowest BCUT2D eigenvalue weighted by atomic mass is 10.2. The Labute approximate surface area is 114 Å². The third kappa shape index (κ3) is 3.96. The SMILES string of the molecule is Cc1cccc(OCCNc2nc(C(=O)O)cs2)c1. The summed E-state index contributed by atoms with van der Waals surface area (Å²) in [4.78, 5) is 14.6. The molecule has 0 atom stereocenters. The number of hydrogen-bond acceptors (Lipinski definition) is 5. The van der Waals surface area contributed by atoms with E-state index in [0.29, 0.717) is 18.3 Å². The van der Waals surface area contributed by atoms with Gasteiger partial charge in [0.1, 0.15) is 12.4 Å². The number of aromatic carboxylic acids is 1. The van der Waals surface area contributed by atoms with Crippen LogP contribution in [0, 0.1) is 6.92 Å². The molecule has 5 nitrogen and oxygen atoms in total. The van der Waals surface area contributed by atoms with Crippen LogP contribution in [0.2, 0.25) is 0 Å². The van der Waals surface area contributed by atoms with Crippen molar-refractivity contribution in [3.63, 3.8) is 0 Å². The van der Waals surface area contributed by atoms with Crippen LogP contribution >= 0.6 is 11.3 Å². The second kappa shape index (κ2) is 6.19. The number of ether oxygens (including phenoxy) is 1. The van der Waals surface area contributed by atoms with Crippen molar-refractivity contribution < 1.29 is 14.6 Å². The van der Waals surface area contributed by atoms with Crippen molar-refractivity contribution in [3.05, 3.63) is 40.9 Å². The van der Waals surface area contributed by atoms with Gasteiger partial charge in [0.05, 0.1) is 6.54 Å². The van der Waals surface area contributed by atoms with Crippen molar-refractivity contribution in [1.82, 2.24) is 4.98 Å². The van der Waals surface area contributed by atoms with Gasteiger partial charge >= 0.3 is 5.97 Å². The van der Waals surface area contributed by atoms with Gasteiger partial charge in [0, 0.05) is 5.38 Å². The lowest BCUT2D eigenvalue weighted by Gasteiger charge is -2.07. The maximum atomic E-state index is 10.7. The van der Waals surface area contributed by atoms with Gasteiger partial charge in [-0.3, -0.25) is 0 Å². The molecule has 0 amide bonds. The number of rotatable bonds is 6. The first kappa shape index (κ1) is 13.4. The van der Waals surface area contributed by atoms with E-state index in [4.69, 9.17) is 9.84 Å². The molecule has 0 unspecified atom stereocenters. The van der Waals surface area contributed by atoms with Crippen molar-refractivity contribution in [2.24, 2.45) is 0 Å². The largest absolute Gasteiger partial charge is 0.492 e. The van der Waals surface area contributed by atoms with Gasteiger partial charge in [0.2, 0.25) is 0 Å². The molecule has 2 N–H and O–H groups in total. The molecule has 0 saturated carbocycles.